The summed E-state index contributed by atoms with van der Waals surface area (Å²) in [5.41, 5.74) is 3.98. The van der Waals surface area contributed by atoms with E-state index < -0.39 is 5.37 Å². The van der Waals surface area contributed by atoms with Crippen molar-refractivity contribution in [3.8, 4) is 5.82 Å². The number of nitrogens with zero attached hydrogens (tertiary/aromatic N) is 4. The van der Waals surface area contributed by atoms with Crippen LogP contribution in [-0.4, -0.2) is 31.2 Å². The summed E-state index contributed by atoms with van der Waals surface area (Å²) in [7, 11) is 0. The molecule has 0 fully saturated rings. The largest absolute Gasteiger partial charge is 0.275 e. The van der Waals surface area contributed by atoms with Gasteiger partial charge in [-0.1, -0.05) is 60.3 Å². The summed E-state index contributed by atoms with van der Waals surface area (Å²) >= 11 is 1.42. The molecule has 1 unspecified atom stereocenters. The summed E-state index contributed by atoms with van der Waals surface area (Å²) in [5.74, 6) is 0.241. The summed E-state index contributed by atoms with van der Waals surface area (Å²) in [6.45, 7) is 0. The third kappa shape index (κ3) is 3.27. The lowest BCUT2D eigenvalue weighted by Crippen LogP contribution is -2.32. The van der Waals surface area contributed by atoms with Crippen LogP contribution in [0.3, 0.4) is 0 Å². The lowest BCUT2D eigenvalue weighted by molar-refractivity contribution is 0.0636. The van der Waals surface area contributed by atoms with Gasteiger partial charge in [0.25, 0.3) is 11.8 Å². The van der Waals surface area contributed by atoms with Gasteiger partial charge in [0, 0.05) is 11.9 Å². The number of amides is 2. The van der Waals surface area contributed by atoms with Crippen molar-refractivity contribution in [3.63, 3.8) is 0 Å². The summed E-state index contributed by atoms with van der Waals surface area (Å²) in [6, 6.07) is 22.5. The second kappa shape index (κ2) is 8.01. The maximum Gasteiger partial charge on any atom is 0.262 e. The van der Waals surface area contributed by atoms with Crippen LogP contribution in [0.25, 0.3) is 5.82 Å². The molecule has 2 aromatic carbocycles. The minimum Gasteiger partial charge on any atom is -0.275 e. The van der Waals surface area contributed by atoms with Crippen LogP contribution >= 0.6 is 11.8 Å². The Kier molecular flexibility index (Phi) is 4.84. The van der Waals surface area contributed by atoms with Crippen LogP contribution in [-0.2, 0) is 12.8 Å². The highest BCUT2D eigenvalue weighted by Gasteiger charge is 2.41. The lowest BCUT2D eigenvalue weighted by atomic mass is 10.1. The predicted molar refractivity (Wildman–Crippen MR) is 125 cm³/mol. The van der Waals surface area contributed by atoms with Gasteiger partial charge in [0.2, 0.25) is 0 Å². The maximum atomic E-state index is 13.4. The van der Waals surface area contributed by atoms with Gasteiger partial charge in [0.1, 0.15) is 11.2 Å². The highest BCUT2D eigenvalue weighted by atomic mass is 32.2. The number of carbonyl (C=O) groups excluding carboxylic acids is 2. The zero-order chi connectivity index (χ0) is 22.4. The average Bonchev–Trinajstić information content (AvgIpc) is 3.51. The van der Waals surface area contributed by atoms with Gasteiger partial charge in [0.15, 0.2) is 5.16 Å². The van der Waals surface area contributed by atoms with Gasteiger partial charge < -0.3 is 0 Å². The van der Waals surface area contributed by atoms with E-state index >= 15 is 0 Å². The van der Waals surface area contributed by atoms with Gasteiger partial charge in [-0.2, -0.15) is 0 Å². The van der Waals surface area contributed by atoms with Crippen LogP contribution in [0.1, 0.15) is 49.5 Å². The number of carbonyl (C=O) groups is 2. The van der Waals surface area contributed by atoms with Gasteiger partial charge in [0.05, 0.1) is 16.8 Å². The number of hydrogen-bond acceptors (Lipinski definition) is 5. The van der Waals surface area contributed by atoms with E-state index in [2.05, 4.69) is 9.55 Å². The Bertz CT molecular complexity index is 1330. The molecule has 1 aliphatic carbocycles. The molecular weight excluding hydrogens is 432 g/mol. The first kappa shape index (κ1) is 19.9. The number of thioether (sulfide) groups is 1. The Balaban J connectivity index is 1.47. The quantitative estimate of drug-likeness (QED) is 0.320. The van der Waals surface area contributed by atoms with Crippen LogP contribution in [0.4, 0.5) is 0 Å². The smallest absolute Gasteiger partial charge is 0.262 e. The van der Waals surface area contributed by atoms with E-state index in [-0.39, 0.29) is 11.8 Å². The summed E-state index contributed by atoms with van der Waals surface area (Å²) in [4.78, 5) is 37.6. The van der Waals surface area contributed by atoms with Gasteiger partial charge in [-0.05, 0) is 49.1 Å². The molecular formula is C26H20N4O2S. The van der Waals surface area contributed by atoms with E-state index in [0.717, 1.165) is 47.2 Å². The third-order valence-electron chi connectivity index (χ3n) is 6.09. The molecule has 33 heavy (non-hydrogen) atoms. The Morgan fingerprint density at radius 1 is 0.818 bits per heavy atom. The topological polar surface area (TPSA) is 68.1 Å². The molecule has 6 rings (SSSR count). The van der Waals surface area contributed by atoms with Gasteiger partial charge >= 0.3 is 0 Å². The minimum atomic E-state index is -0.552. The van der Waals surface area contributed by atoms with Crippen molar-refractivity contribution in [2.45, 2.75) is 29.8 Å². The standard InChI is InChI=1S/C26H20N4O2S/c31-23-18-11-4-5-12-19(18)24(32)30(23)25(17-9-2-1-3-10-17)33-26-28-20-13-8-14-21(20)29(26)22-15-6-7-16-27-22/h1-7,9-12,15-16,25H,8,13-14H2. The van der Waals surface area contributed by atoms with Crippen molar-refractivity contribution in [3.05, 3.63) is 107 Å². The molecule has 3 heterocycles. The molecule has 0 bridgehead atoms. The molecule has 2 amide bonds. The Hall–Kier alpha value is -3.71. The number of hydrogen-bond donors (Lipinski definition) is 0. The fraction of sp³-hybridized carbons (Fsp3) is 0.154. The lowest BCUT2D eigenvalue weighted by Gasteiger charge is -2.26. The number of benzene rings is 2. The molecule has 1 atom stereocenters. The summed E-state index contributed by atoms with van der Waals surface area (Å²) in [5, 5.41) is 0.187. The number of aryl methyl sites for hydroxylation is 1. The molecule has 1 aliphatic heterocycles. The monoisotopic (exact) mass is 452 g/mol. The highest BCUT2D eigenvalue weighted by molar-refractivity contribution is 7.99. The first-order valence-electron chi connectivity index (χ1n) is 10.9. The van der Waals surface area contributed by atoms with E-state index in [4.69, 9.17) is 4.98 Å². The number of rotatable bonds is 5. The fourth-order valence-corrected chi connectivity index (χ4v) is 5.83. The van der Waals surface area contributed by atoms with Crippen LogP contribution in [0, 0.1) is 0 Å². The van der Waals surface area contributed by atoms with E-state index in [0.29, 0.717) is 11.1 Å². The number of fused-ring (bicyclic) bond motifs is 2. The molecule has 0 N–H and O–H groups in total. The minimum absolute atomic E-state index is 0.277. The molecule has 2 aliphatic rings. The third-order valence-corrected chi connectivity index (χ3v) is 7.28. The molecule has 0 saturated heterocycles. The zero-order valence-electron chi connectivity index (χ0n) is 17.7. The molecule has 0 spiro atoms. The van der Waals surface area contributed by atoms with Crippen molar-refractivity contribution in [1.29, 1.82) is 0 Å². The molecule has 7 heteroatoms. The van der Waals surface area contributed by atoms with E-state index in [1.165, 1.54) is 16.7 Å². The summed E-state index contributed by atoms with van der Waals surface area (Å²) < 4.78 is 2.08. The molecule has 162 valence electrons. The van der Waals surface area contributed by atoms with Gasteiger partial charge in [-0.15, -0.1) is 0 Å². The number of imide groups is 1. The average molecular weight is 453 g/mol. The molecule has 6 nitrogen and oxygen atoms in total. The van der Waals surface area contributed by atoms with Crippen LogP contribution < -0.4 is 0 Å². The van der Waals surface area contributed by atoms with Crippen LogP contribution in [0.5, 0.6) is 0 Å². The molecule has 4 aromatic rings. The Morgan fingerprint density at radius 3 is 2.21 bits per heavy atom. The van der Waals surface area contributed by atoms with Gasteiger partial charge in [-0.3, -0.25) is 19.1 Å². The predicted octanol–water partition coefficient (Wildman–Crippen LogP) is 4.84. The zero-order valence-corrected chi connectivity index (χ0v) is 18.5. The van der Waals surface area contributed by atoms with E-state index in [1.54, 1.807) is 30.5 Å². The van der Waals surface area contributed by atoms with Crippen molar-refractivity contribution in [1.82, 2.24) is 19.4 Å². The SMILES string of the molecule is O=C1c2ccccc2C(=O)N1C(Sc1nc2c(n1-c1ccccn1)CCC2)c1ccccc1. The number of pyridine rings is 1. The van der Waals surface area contributed by atoms with Crippen molar-refractivity contribution < 1.29 is 9.59 Å². The van der Waals surface area contributed by atoms with Crippen molar-refractivity contribution in [2.75, 3.05) is 0 Å². The Morgan fingerprint density at radius 2 is 1.52 bits per heavy atom. The van der Waals surface area contributed by atoms with Crippen molar-refractivity contribution in [2.24, 2.45) is 0 Å². The number of aromatic nitrogens is 3. The summed E-state index contributed by atoms with van der Waals surface area (Å²) in [6.07, 6.45) is 4.69. The van der Waals surface area contributed by atoms with E-state index in [1.807, 2.05) is 48.5 Å². The first-order valence-corrected chi connectivity index (χ1v) is 11.8. The van der Waals surface area contributed by atoms with Gasteiger partial charge in [-0.25, -0.2) is 9.97 Å². The second-order valence-electron chi connectivity index (χ2n) is 8.07. The first-order chi connectivity index (χ1) is 16.2. The second-order valence-corrected chi connectivity index (χ2v) is 9.12. The van der Waals surface area contributed by atoms with Crippen molar-refractivity contribution >= 4 is 23.6 Å². The molecule has 2 aromatic heterocycles. The molecule has 0 saturated carbocycles. The van der Waals surface area contributed by atoms with E-state index in [9.17, 15) is 9.59 Å². The Labute approximate surface area is 195 Å². The highest BCUT2D eigenvalue weighted by Crippen LogP contribution is 2.43. The number of imidazole rings is 1. The van der Waals surface area contributed by atoms with Crippen LogP contribution in [0.15, 0.2) is 84.1 Å². The van der Waals surface area contributed by atoms with Crippen LogP contribution in [0.2, 0.25) is 0 Å². The fourth-order valence-electron chi connectivity index (χ4n) is 4.56. The molecule has 0 radical (unpaired) electrons. The normalized spacial score (nSPS) is 15.6. The maximum absolute atomic E-state index is 13.4.